The van der Waals surface area contributed by atoms with E-state index in [1.807, 2.05) is 0 Å². The summed E-state index contributed by atoms with van der Waals surface area (Å²) in [6.07, 6.45) is 0. The van der Waals surface area contributed by atoms with Gasteiger partial charge in [-0.3, -0.25) is 20.2 Å². The summed E-state index contributed by atoms with van der Waals surface area (Å²) in [6.45, 7) is 6.00. The predicted molar refractivity (Wildman–Crippen MR) is 60.9 cm³/mol. The monoisotopic (exact) mass is 408 g/mol. The molecule has 0 bridgehead atoms. The predicted octanol–water partition coefficient (Wildman–Crippen LogP) is 1.12. The van der Waals surface area contributed by atoms with E-state index >= 15 is 0 Å². The van der Waals surface area contributed by atoms with Gasteiger partial charge < -0.3 is 0 Å². The zero-order valence-electron chi connectivity index (χ0n) is 7.96. The van der Waals surface area contributed by atoms with Crippen molar-refractivity contribution in [2.75, 3.05) is 0 Å². The van der Waals surface area contributed by atoms with Gasteiger partial charge in [0.15, 0.2) is 0 Å². The van der Waals surface area contributed by atoms with Crippen LogP contribution in [0.3, 0.4) is 0 Å². The summed E-state index contributed by atoms with van der Waals surface area (Å²) < 4.78 is 0. The van der Waals surface area contributed by atoms with Crippen molar-refractivity contribution >= 4 is 37.6 Å². The fraction of sp³-hybridized carbons (Fsp3) is 0. The molecule has 0 fully saturated rings. The van der Waals surface area contributed by atoms with Crippen LogP contribution in [0.15, 0.2) is 37.4 Å². The number of para-hydroxylation sites is 2. The molecule has 0 saturated carbocycles. The molecule has 0 radical (unpaired) electrons. The number of hydrogen-bond acceptors (Lipinski definition) is 4. The van der Waals surface area contributed by atoms with Crippen molar-refractivity contribution in [1.82, 2.24) is 0 Å². The molecule has 0 aliphatic rings. The Morgan fingerprint density at radius 3 is 1.40 bits per heavy atom. The van der Waals surface area contributed by atoms with Gasteiger partial charge in [0, 0.05) is 12.1 Å². The van der Waals surface area contributed by atoms with Gasteiger partial charge in [0.1, 0.15) is 0 Å². The third-order valence-corrected chi connectivity index (χ3v) is 1.28. The van der Waals surface area contributed by atoms with E-state index in [0.29, 0.717) is 0 Å². The number of benzene rings is 1. The van der Waals surface area contributed by atoms with Gasteiger partial charge in [-0.05, 0) is 0 Å². The Kier molecular flexibility index (Phi) is 8.57. The number of hydrogen-bond donors (Lipinski definition) is 0. The normalized spacial score (nSPS) is 7.73. The molecule has 0 aromatic heterocycles. The summed E-state index contributed by atoms with van der Waals surface area (Å²) in [5.41, 5.74) is -0.968. The van der Waals surface area contributed by atoms with Crippen LogP contribution in [-0.2, 0) is 0 Å². The van der Waals surface area contributed by atoms with Gasteiger partial charge in [-0.2, -0.15) is 0 Å². The van der Waals surface area contributed by atoms with E-state index in [0.717, 1.165) is 12.1 Å². The Balaban J connectivity index is 0. The van der Waals surface area contributed by atoms with E-state index < -0.39 is 21.2 Å². The zero-order chi connectivity index (χ0) is 11.1. The molecule has 6 nitrogen and oxygen atoms in total. The third kappa shape index (κ3) is 4.60. The van der Waals surface area contributed by atoms with E-state index in [1.165, 1.54) is 12.1 Å². The fourth-order valence-electron chi connectivity index (χ4n) is 0.773. The quantitative estimate of drug-likeness (QED) is 0.318. The van der Waals surface area contributed by atoms with Crippen LogP contribution in [-0.4, -0.2) is 36.1 Å². The van der Waals surface area contributed by atoms with Gasteiger partial charge in [-0.1, -0.05) is 12.1 Å². The number of nitrogens with zero attached hydrogens (tertiary/aromatic N) is 2. The fourth-order valence-corrected chi connectivity index (χ4v) is 0.773. The van der Waals surface area contributed by atoms with Crippen molar-refractivity contribution in [2.45, 2.75) is 0 Å². The van der Waals surface area contributed by atoms with Crippen molar-refractivity contribution in [1.29, 1.82) is 0 Å². The van der Waals surface area contributed by atoms with Crippen molar-refractivity contribution in [3.05, 3.63) is 57.7 Å². The topological polar surface area (TPSA) is 86.3 Å². The molecule has 0 spiro atoms. The van der Waals surface area contributed by atoms with Gasteiger partial charge in [-0.15, -0.1) is 13.2 Å². The summed E-state index contributed by atoms with van der Waals surface area (Å²) in [4.78, 5) is 18.9. The Morgan fingerprint density at radius 2 is 1.20 bits per heavy atom. The van der Waals surface area contributed by atoms with Crippen molar-refractivity contribution in [3.63, 3.8) is 0 Å². The van der Waals surface area contributed by atoms with Crippen molar-refractivity contribution in [3.8, 4) is 0 Å². The van der Waals surface area contributed by atoms with Crippen LogP contribution in [0.2, 0.25) is 0 Å². The molecule has 0 heterocycles. The molecular formula is C8H11BiN2O4. The summed E-state index contributed by atoms with van der Waals surface area (Å²) in [5, 5.41) is 20.5. The second-order valence-electron chi connectivity index (χ2n) is 2.00. The molecule has 0 saturated heterocycles. The SMILES string of the molecule is C=C.O=[N+]([O-])c1ccccc1[N+](=O)[O-].[BiH3]. The number of rotatable bonds is 2. The summed E-state index contributed by atoms with van der Waals surface area (Å²) in [7, 11) is 0. The van der Waals surface area contributed by atoms with E-state index in [9.17, 15) is 20.2 Å². The molecule has 1 aromatic rings. The Morgan fingerprint density at radius 1 is 0.933 bits per heavy atom. The number of nitro benzene ring substituents is 2. The van der Waals surface area contributed by atoms with Gasteiger partial charge in [-0.25, -0.2) is 0 Å². The molecule has 7 heteroatoms. The average molecular weight is 408 g/mol. The van der Waals surface area contributed by atoms with Gasteiger partial charge in [0.25, 0.3) is 0 Å². The first-order chi connectivity index (χ1) is 6.63. The van der Waals surface area contributed by atoms with E-state index in [2.05, 4.69) is 13.2 Å². The van der Waals surface area contributed by atoms with E-state index in [1.54, 1.807) is 0 Å². The van der Waals surface area contributed by atoms with Crippen LogP contribution in [0.5, 0.6) is 0 Å². The second kappa shape index (κ2) is 7.99. The van der Waals surface area contributed by atoms with Crippen molar-refractivity contribution < 1.29 is 9.85 Å². The molecule has 0 N–H and O–H groups in total. The first-order valence-corrected chi connectivity index (χ1v) is 3.50. The van der Waals surface area contributed by atoms with Gasteiger partial charge in [0.2, 0.25) is 0 Å². The van der Waals surface area contributed by atoms with E-state index in [-0.39, 0.29) is 26.2 Å². The molecule has 15 heavy (non-hydrogen) atoms. The van der Waals surface area contributed by atoms with Crippen LogP contribution >= 0.6 is 0 Å². The maximum atomic E-state index is 10.2. The van der Waals surface area contributed by atoms with Gasteiger partial charge >= 0.3 is 37.6 Å². The molecular weight excluding hydrogens is 397 g/mol. The summed E-state index contributed by atoms with van der Waals surface area (Å²) in [6, 6.07) is 4.95. The Bertz CT molecular complexity index is 323. The molecule has 0 aliphatic carbocycles. The van der Waals surface area contributed by atoms with Crippen LogP contribution < -0.4 is 0 Å². The minimum atomic E-state index is -0.780. The van der Waals surface area contributed by atoms with Crippen LogP contribution in [0.4, 0.5) is 11.4 Å². The van der Waals surface area contributed by atoms with Gasteiger partial charge in [0.05, 0.1) is 9.85 Å². The third-order valence-electron chi connectivity index (χ3n) is 1.28. The van der Waals surface area contributed by atoms with Crippen molar-refractivity contribution in [2.24, 2.45) is 0 Å². The van der Waals surface area contributed by atoms with Crippen LogP contribution in [0.25, 0.3) is 0 Å². The first-order valence-electron chi connectivity index (χ1n) is 3.50. The zero-order valence-corrected chi connectivity index (χ0v) is 13.5. The molecule has 82 valence electrons. The second-order valence-corrected chi connectivity index (χ2v) is 2.00. The average Bonchev–Trinajstić information content (AvgIpc) is 2.20. The summed E-state index contributed by atoms with van der Waals surface area (Å²) in [5.74, 6) is 0. The molecule has 1 rings (SSSR count). The van der Waals surface area contributed by atoms with E-state index in [4.69, 9.17) is 0 Å². The van der Waals surface area contributed by atoms with Crippen LogP contribution in [0, 0.1) is 20.2 Å². The molecule has 0 amide bonds. The number of nitro groups is 2. The molecule has 1 aromatic carbocycles. The molecule has 0 atom stereocenters. The minimum absolute atomic E-state index is 0. The molecule has 0 unspecified atom stereocenters. The maximum absolute atomic E-state index is 10.2. The molecule has 0 aliphatic heterocycles. The summed E-state index contributed by atoms with van der Waals surface area (Å²) >= 11 is 0. The standard InChI is InChI=1S/C6H4N2O4.C2H4.Bi.3H/c9-7(10)5-3-1-2-4-6(5)8(11)12;1-2;;;;/h1-4H;1-2H2;;;;. The first kappa shape index (κ1) is 16.1. The Labute approximate surface area is 105 Å². The Hall–Kier alpha value is -1.36. The van der Waals surface area contributed by atoms with Crippen LogP contribution in [0.1, 0.15) is 0 Å².